The Morgan fingerprint density at radius 3 is 1.68 bits per heavy atom. The molecule has 1 aliphatic rings. The molecule has 0 saturated heterocycles. The van der Waals surface area contributed by atoms with Gasteiger partial charge in [-0.25, -0.2) is 0 Å². The van der Waals surface area contributed by atoms with Crippen molar-refractivity contribution < 1.29 is 0 Å². The molecule has 47 heavy (non-hydrogen) atoms. The monoisotopic (exact) mass is 600 g/mol. The topological polar surface area (TPSA) is 9.86 Å². The van der Waals surface area contributed by atoms with E-state index >= 15 is 0 Å². The van der Waals surface area contributed by atoms with Gasteiger partial charge >= 0.3 is 0 Å². The fourth-order valence-electron chi connectivity index (χ4n) is 8.46. The zero-order valence-corrected chi connectivity index (χ0v) is 26.4. The molecule has 10 rings (SSSR count). The number of hydrogen-bond acceptors (Lipinski definition) is 0. The first-order valence-electron chi connectivity index (χ1n) is 16.5. The van der Waals surface area contributed by atoms with Crippen LogP contribution in [-0.4, -0.2) is 9.13 Å². The molecule has 0 fully saturated rings. The van der Waals surface area contributed by atoms with Crippen LogP contribution >= 0.6 is 0 Å². The van der Waals surface area contributed by atoms with E-state index < -0.39 is 0 Å². The minimum absolute atomic E-state index is 0.145. The lowest BCUT2D eigenvalue weighted by Gasteiger charge is -2.25. The molecule has 9 aromatic rings. The lowest BCUT2D eigenvalue weighted by molar-refractivity contribution is 0.656. The summed E-state index contributed by atoms with van der Waals surface area (Å²) in [5.41, 5.74) is 15.1. The molecular formula is C45H32N2. The van der Waals surface area contributed by atoms with Crippen LogP contribution in [0, 0.1) is 0 Å². The predicted molar refractivity (Wildman–Crippen MR) is 198 cm³/mol. The van der Waals surface area contributed by atoms with Gasteiger partial charge < -0.3 is 9.13 Å². The van der Waals surface area contributed by atoms with Crippen molar-refractivity contribution in [2.45, 2.75) is 19.3 Å². The number of fused-ring (bicyclic) bond motifs is 10. The summed E-state index contributed by atoms with van der Waals surface area (Å²) >= 11 is 0. The lowest BCUT2D eigenvalue weighted by atomic mass is 9.81. The van der Waals surface area contributed by atoms with Crippen molar-refractivity contribution in [1.82, 2.24) is 9.13 Å². The van der Waals surface area contributed by atoms with Gasteiger partial charge in [0.2, 0.25) is 0 Å². The summed E-state index contributed by atoms with van der Waals surface area (Å²) in [7, 11) is 0. The number of hydrogen-bond donors (Lipinski definition) is 0. The summed E-state index contributed by atoms with van der Waals surface area (Å²) in [6.45, 7) is 4.77. The van der Waals surface area contributed by atoms with E-state index in [0.29, 0.717) is 0 Å². The molecular weight excluding hydrogens is 569 g/mol. The van der Waals surface area contributed by atoms with Crippen molar-refractivity contribution in [1.29, 1.82) is 0 Å². The Hall–Kier alpha value is -5.86. The summed E-state index contributed by atoms with van der Waals surface area (Å²) < 4.78 is 5.05. The lowest BCUT2D eigenvalue weighted by Crippen LogP contribution is -2.18. The average molecular weight is 601 g/mol. The summed E-state index contributed by atoms with van der Waals surface area (Å²) in [4.78, 5) is 0. The molecule has 2 aromatic heterocycles. The summed E-state index contributed by atoms with van der Waals surface area (Å²) in [5, 5.41) is 5.06. The molecule has 0 unspecified atom stereocenters. The van der Waals surface area contributed by atoms with Gasteiger partial charge in [0.1, 0.15) is 0 Å². The number of para-hydroxylation sites is 2. The molecule has 0 bridgehead atoms. The van der Waals surface area contributed by atoms with Gasteiger partial charge in [0, 0.05) is 32.6 Å². The highest BCUT2D eigenvalue weighted by Crippen LogP contribution is 2.52. The largest absolute Gasteiger partial charge is 0.307 e. The van der Waals surface area contributed by atoms with Crippen LogP contribution in [0.2, 0.25) is 0 Å². The molecule has 0 amide bonds. The van der Waals surface area contributed by atoms with E-state index in [1.807, 2.05) is 0 Å². The van der Waals surface area contributed by atoms with Crippen molar-refractivity contribution in [2.75, 3.05) is 0 Å². The highest BCUT2D eigenvalue weighted by Gasteiger charge is 2.38. The van der Waals surface area contributed by atoms with Gasteiger partial charge in [-0.15, -0.1) is 0 Å². The van der Waals surface area contributed by atoms with Crippen molar-refractivity contribution in [3.05, 3.63) is 169 Å². The van der Waals surface area contributed by atoms with Gasteiger partial charge in [0.05, 0.1) is 27.8 Å². The number of rotatable bonds is 3. The van der Waals surface area contributed by atoms with Gasteiger partial charge in [0.25, 0.3) is 0 Å². The van der Waals surface area contributed by atoms with Crippen molar-refractivity contribution in [2.24, 2.45) is 0 Å². The van der Waals surface area contributed by atoms with Gasteiger partial charge in [-0.2, -0.15) is 0 Å². The average Bonchev–Trinajstić information content (AvgIpc) is 3.72. The first-order valence-corrected chi connectivity index (χ1v) is 16.5. The number of nitrogens with zero attached hydrogens (tertiary/aromatic N) is 2. The van der Waals surface area contributed by atoms with Crippen LogP contribution in [-0.2, 0) is 5.41 Å². The van der Waals surface area contributed by atoms with Crippen molar-refractivity contribution >= 4 is 43.6 Å². The molecule has 222 valence electrons. The first kappa shape index (κ1) is 26.4. The zero-order chi connectivity index (χ0) is 31.3. The third-order valence-corrected chi connectivity index (χ3v) is 10.5. The van der Waals surface area contributed by atoms with Gasteiger partial charge in [-0.05, 0) is 63.7 Å². The first-order chi connectivity index (χ1) is 23.1. The van der Waals surface area contributed by atoms with Gasteiger partial charge in [-0.3, -0.25) is 0 Å². The normalized spacial score (nSPS) is 13.5. The second kappa shape index (κ2) is 9.57. The van der Waals surface area contributed by atoms with Crippen molar-refractivity contribution in [3.63, 3.8) is 0 Å². The third kappa shape index (κ3) is 3.56. The van der Waals surface area contributed by atoms with Crippen LogP contribution in [0.15, 0.2) is 158 Å². The highest BCUT2D eigenvalue weighted by atomic mass is 15.0. The van der Waals surface area contributed by atoms with Crippen LogP contribution in [0.1, 0.15) is 25.0 Å². The maximum atomic E-state index is 2.56. The van der Waals surface area contributed by atoms with E-state index in [1.54, 1.807) is 0 Å². The van der Waals surface area contributed by atoms with Gasteiger partial charge in [0.15, 0.2) is 0 Å². The maximum absolute atomic E-state index is 2.56. The molecule has 0 spiro atoms. The van der Waals surface area contributed by atoms with Crippen LogP contribution < -0.4 is 0 Å². The standard InChI is InChI=1S/C45H32N2/c1-45(2)38-19-9-6-15-32(38)35-18-12-22-41(42(35)45)47-40-21-11-8-17-34(40)37-28-27-36-33-16-7-10-20-39(33)46(43(36)44(37)47)31-25-23-30(24-26-31)29-13-4-3-5-14-29/h3-28H,1-2H3. The maximum Gasteiger partial charge on any atom is 0.0789 e. The third-order valence-electron chi connectivity index (χ3n) is 10.5. The van der Waals surface area contributed by atoms with Crippen LogP contribution in [0.3, 0.4) is 0 Å². The highest BCUT2D eigenvalue weighted by molar-refractivity contribution is 6.24. The molecule has 0 radical (unpaired) electrons. The Labute approximate surface area is 273 Å². The Kier molecular flexibility index (Phi) is 5.37. The zero-order valence-electron chi connectivity index (χ0n) is 26.4. The molecule has 0 aliphatic heterocycles. The molecule has 0 atom stereocenters. The second-order valence-electron chi connectivity index (χ2n) is 13.3. The molecule has 0 saturated carbocycles. The minimum Gasteiger partial charge on any atom is -0.307 e. The quantitative estimate of drug-likeness (QED) is 0.191. The fraction of sp³-hybridized carbons (Fsp3) is 0.0667. The van der Waals surface area contributed by atoms with E-state index in [1.165, 1.54) is 82.7 Å². The smallest absolute Gasteiger partial charge is 0.0789 e. The molecule has 2 heterocycles. The van der Waals surface area contributed by atoms with E-state index in [-0.39, 0.29) is 5.41 Å². The predicted octanol–water partition coefficient (Wildman–Crippen LogP) is 11.9. The van der Waals surface area contributed by atoms with Gasteiger partial charge in [-0.1, -0.05) is 141 Å². The van der Waals surface area contributed by atoms with E-state index in [0.717, 1.165) is 5.69 Å². The molecule has 7 aromatic carbocycles. The Morgan fingerprint density at radius 2 is 0.957 bits per heavy atom. The Bertz CT molecular complexity index is 2680. The molecule has 2 heteroatoms. The second-order valence-corrected chi connectivity index (χ2v) is 13.3. The van der Waals surface area contributed by atoms with Crippen LogP contribution in [0.25, 0.3) is 77.2 Å². The van der Waals surface area contributed by atoms with E-state index in [9.17, 15) is 0 Å². The van der Waals surface area contributed by atoms with Crippen LogP contribution in [0.4, 0.5) is 0 Å². The van der Waals surface area contributed by atoms with Crippen molar-refractivity contribution in [3.8, 4) is 33.6 Å². The van der Waals surface area contributed by atoms with E-state index in [4.69, 9.17) is 0 Å². The molecule has 1 aliphatic carbocycles. The SMILES string of the molecule is CC1(C)c2ccccc2-c2cccc(-n3c4ccccc4c4ccc5c6ccccc6n(-c6ccc(-c7ccccc7)cc6)c5c43)c21. The minimum atomic E-state index is -0.145. The summed E-state index contributed by atoms with van der Waals surface area (Å²) in [6, 6.07) is 58.0. The Balaban J connectivity index is 1.35. The summed E-state index contributed by atoms with van der Waals surface area (Å²) in [5.74, 6) is 0. The van der Waals surface area contributed by atoms with E-state index in [2.05, 4.69) is 181 Å². The van der Waals surface area contributed by atoms with Crippen LogP contribution in [0.5, 0.6) is 0 Å². The summed E-state index contributed by atoms with van der Waals surface area (Å²) in [6.07, 6.45) is 0. The molecule has 2 nitrogen and oxygen atoms in total. The Morgan fingerprint density at radius 1 is 0.404 bits per heavy atom. The molecule has 0 N–H and O–H groups in total. The fourth-order valence-corrected chi connectivity index (χ4v) is 8.46. The number of benzene rings is 7. The number of aromatic nitrogens is 2.